The molecule has 3 rings (SSSR count). The van der Waals surface area contributed by atoms with Crippen LogP contribution in [0.3, 0.4) is 0 Å². The van der Waals surface area contributed by atoms with Crippen molar-refractivity contribution in [2.24, 2.45) is 7.05 Å². The normalized spacial score (nSPS) is 14.6. The average molecular weight is 314 g/mol. The van der Waals surface area contributed by atoms with E-state index in [1.165, 1.54) is 16.6 Å². The number of methoxy groups -OCH3 is 1. The predicted molar refractivity (Wildman–Crippen MR) is 92.9 cm³/mol. The van der Waals surface area contributed by atoms with Crippen LogP contribution in [0.25, 0.3) is 10.9 Å². The van der Waals surface area contributed by atoms with Crippen molar-refractivity contribution in [3.63, 3.8) is 0 Å². The number of ketones is 1. The lowest BCUT2D eigenvalue weighted by atomic mass is 10.0. The van der Waals surface area contributed by atoms with Gasteiger partial charge in [-0.3, -0.25) is 9.69 Å². The first kappa shape index (κ1) is 16.2. The third kappa shape index (κ3) is 2.81. The highest BCUT2D eigenvalue weighted by Gasteiger charge is 2.24. The van der Waals surface area contributed by atoms with Gasteiger partial charge in [-0.15, -0.1) is 0 Å². The lowest BCUT2D eigenvalue weighted by Gasteiger charge is -2.13. The molecule has 0 aliphatic carbocycles. The zero-order chi connectivity index (χ0) is 16.6. The van der Waals surface area contributed by atoms with E-state index in [4.69, 9.17) is 4.74 Å². The smallest absolute Gasteiger partial charge is 0.165 e. The van der Waals surface area contributed by atoms with E-state index >= 15 is 0 Å². The summed E-state index contributed by atoms with van der Waals surface area (Å²) in [7, 11) is 3.80. The highest BCUT2D eigenvalue weighted by Crippen LogP contribution is 2.33. The number of carbonyl (C=O) groups is 1. The summed E-state index contributed by atoms with van der Waals surface area (Å²) < 4.78 is 7.35. The SMILES string of the molecule is CCCC(=O)c1c(C)n(C)c2cc3c(cc12)CN(CCOC)C3. The maximum atomic E-state index is 12.6. The summed E-state index contributed by atoms with van der Waals surface area (Å²) in [4.78, 5) is 15.0. The first-order valence-electron chi connectivity index (χ1n) is 8.42. The molecule has 23 heavy (non-hydrogen) atoms. The molecule has 0 radical (unpaired) electrons. The number of nitrogens with zero attached hydrogens (tertiary/aromatic N) is 2. The molecule has 0 saturated carbocycles. The number of aryl methyl sites for hydroxylation is 1. The van der Waals surface area contributed by atoms with E-state index in [9.17, 15) is 4.79 Å². The Hall–Kier alpha value is -1.65. The summed E-state index contributed by atoms with van der Waals surface area (Å²) in [6, 6.07) is 4.51. The minimum Gasteiger partial charge on any atom is -0.383 e. The van der Waals surface area contributed by atoms with Gasteiger partial charge < -0.3 is 9.30 Å². The van der Waals surface area contributed by atoms with E-state index in [0.29, 0.717) is 6.42 Å². The lowest BCUT2D eigenvalue weighted by Crippen LogP contribution is -2.21. The van der Waals surface area contributed by atoms with Crippen molar-refractivity contribution in [1.29, 1.82) is 0 Å². The van der Waals surface area contributed by atoms with Gasteiger partial charge in [0.15, 0.2) is 5.78 Å². The Morgan fingerprint density at radius 3 is 2.61 bits per heavy atom. The van der Waals surface area contributed by atoms with Crippen LogP contribution in [-0.4, -0.2) is 35.5 Å². The lowest BCUT2D eigenvalue weighted by molar-refractivity contribution is 0.0982. The van der Waals surface area contributed by atoms with E-state index in [1.54, 1.807) is 7.11 Å². The molecule has 2 heterocycles. The van der Waals surface area contributed by atoms with Gasteiger partial charge in [0.25, 0.3) is 0 Å². The van der Waals surface area contributed by atoms with Crippen LogP contribution in [0.2, 0.25) is 0 Å². The van der Waals surface area contributed by atoms with Crippen LogP contribution in [0.4, 0.5) is 0 Å². The van der Waals surface area contributed by atoms with E-state index in [0.717, 1.165) is 49.3 Å². The van der Waals surface area contributed by atoms with Gasteiger partial charge in [-0.25, -0.2) is 0 Å². The molecule has 0 saturated heterocycles. The number of Topliss-reactive ketones (excluding diaryl/α,β-unsaturated/α-hetero) is 1. The molecular formula is C19H26N2O2. The standard InChI is InChI=1S/C19H26N2O2/c1-5-6-18(22)19-13(2)20(3)17-10-15-12-21(7-8-23-4)11-14(15)9-16(17)19/h9-10H,5-8,11-12H2,1-4H3. The van der Waals surface area contributed by atoms with Crippen LogP contribution >= 0.6 is 0 Å². The molecule has 0 spiro atoms. The Morgan fingerprint density at radius 1 is 1.26 bits per heavy atom. The number of carbonyl (C=O) groups excluding carboxylic acids is 1. The van der Waals surface area contributed by atoms with Crippen LogP contribution < -0.4 is 0 Å². The number of rotatable bonds is 6. The number of fused-ring (bicyclic) bond motifs is 2. The summed E-state index contributed by atoms with van der Waals surface area (Å²) in [5.74, 6) is 0.268. The second-order valence-electron chi connectivity index (χ2n) is 6.53. The molecule has 0 amide bonds. The van der Waals surface area contributed by atoms with Crippen molar-refractivity contribution in [2.45, 2.75) is 39.8 Å². The maximum Gasteiger partial charge on any atom is 0.165 e. The first-order chi connectivity index (χ1) is 11.1. The Bertz CT molecular complexity index is 746. The van der Waals surface area contributed by atoms with Gasteiger partial charge in [0.2, 0.25) is 0 Å². The molecule has 1 aromatic carbocycles. The van der Waals surface area contributed by atoms with Crippen LogP contribution in [0.1, 0.15) is 46.9 Å². The summed E-state index contributed by atoms with van der Waals surface area (Å²) in [6.07, 6.45) is 1.52. The summed E-state index contributed by atoms with van der Waals surface area (Å²) in [5, 5.41) is 1.12. The monoisotopic (exact) mass is 314 g/mol. The summed E-state index contributed by atoms with van der Waals surface area (Å²) in [5.41, 5.74) is 5.91. The maximum absolute atomic E-state index is 12.6. The predicted octanol–water partition coefficient (Wildman–Crippen LogP) is 3.43. The largest absolute Gasteiger partial charge is 0.383 e. The minimum atomic E-state index is 0.268. The second kappa shape index (κ2) is 6.46. The molecule has 0 fully saturated rings. The third-order valence-electron chi connectivity index (χ3n) is 4.97. The van der Waals surface area contributed by atoms with Crippen molar-refractivity contribution in [3.8, 4) is 0 Å². The van der Waals surface area contributed by atoms with Gasteiger partial charge in [0.1, 0.15) is 0 Å². The van der Waals surface area contributed by atoms with Crippen LogP contribution in [0, 0.1) is 6.92 Å². The van der Waals surface area contributed by atoms with Gasteiger partial charge in [-0.05, 0) is 36.6 Å². The Labute approximate surface area is 138 Å². The number of aromatic nitrogens is 1. The number of benzene rings is 1. The molecule has 1 aliphatic heterocycles. The molecule has 1 aromatic heterocycles. The third-order valence-corrected chi connectivity index (χ3v) is 4.97. The summed E-state index contributed by atoms with van der Waals surface area (Å²) in [6.45, 7) is 7.73. The van der Waals surface area contributed by atoms with Crippen molar-refractivity contribution < 1.29 is 9.53 Å². The van der Waals surface area contributed by atoms with Crippen LogP contribution in [0.5, 0.6) is 0 Å². The molecule has 0 atom stereocenters. The number of ether oxygens (including phenoxy) is 1. The zero-order valence-corrected chi connectivity index (χ0v) is 14.6. The minimum absolute atomic E-state index is 0.268. The Balaban J connectivity index is 2.02. The van der Waals surface area contributed by atoms with Gasteiger partial charge >= 0.3 is 0 Å². The molecular weight excluding hydrogens is 288 g/mol. The second-order valence-corrected chi connectivity index (χ2v) is 6.53. The molecule has 124 valence electrons. The van der Waals surface area contributed by atoms with Gasteiger partial charge in [0.05, 0.1) is 6.61 Å². The van der Waals surface area contributed by atoms with Crippen molar-refractivity contribution in [1.82, 2.24) is 9.47 Å². The quantitative estimate of drug-likeness (QED) is 0.766. The number of hydrogen-bond acceptors (Lipinski definition) is 3. The van der Waals surface area contributed by atoms with Crippen LogP contribution in [-0.2, 0) is 24.9 Å². The van der Waals surface area contributed by atoms with E-state index in [2.05, 4.69) is 42.5 Å². The van der Waals surface area contributed by atoms with E-state index in [-0.39, 0.29) is 5.78 Å². The number of hydrogen-bond donors (Lipinski definition) is 0. The van der Waals surface area contributed by atoms with E-state index < -0.39 is 0 Å². The molecule has 4 nitrogen and oxygen atoms in total. The fourth-order valence-electron chi connectivity index (χ4n) is 3.61. The van der Waals surface area contributed by atoms with Gasteiger partial charge in [0, 0.05) is 62.4 Å². The molecule has 0 unspecified atom stereocenters. The molecule has 0 N–H and O–H groups in total. The molecule has 1 aliphatic rings. The van der Waals surface area contributed by atoms with Crippen molar-refractivity contribution in [3.05, 3.63) is 34.5 Å². The molecule has 4 heteroatoms. The van der Waals surface area contributed by atoms with Gasteiger partial charge in [-0.2, -0.15) is 0 Å². The first-order valence-corrected chi connectivity index (χ1v) is 8.42. The Morgan fingerprint density at radius 2 is 1.96 bits per heavy atom. The van der Waals surface area contributed by atoms with Crippen molar-refractivity contribution >= 4 is 16.7 Å². The highest BCUT2D eigenvalue weighted by molar-refractivity contribution is 6.09. The Kier molecular flexibility index (Phi) is 4.55. The van der Waals surface area contributed by atoms with E-state index in [1.807, 2.05) is 0 Å². The van der Waals surface area contributed by atoms with Crippen molar-refractivity contribution in [2.75, 3.05) is 20.3 Å². The zero-order valence-electron chi connectivity index (χ0n) is 14.6. The van der Waals surface area contributed by atoms with Gasteiger partial charge in [-0.1, -0.05) is 6.92 Å². The molecule has 0 bridgehead atoms. The fourth-order valence-corrected chi connectivity index (χ4v) is 3.61. The average Bonchev–Trinajstić information content (AvgIpc) is 3.03. The van der Waals surface area contributed by atoms with Crippen LogP contribution in [0.15, 0.2) is 12.1 Å². The fraction of sp³-hybridized carbons (Fsp3) is 0.526. The molecule has 2 aromatic rings. The highest BCUT2D eigenvalue weighted by atomic mass is 16.5. The topological polar surface area (TPSA) is 34.5 Å². The summed E-state index contributed by atoms with van der Waals surface area (Å²) >= 11 is 0.